The number of hydrogen-bond acceptors (Lipinski definition) is 5. The largest absolute Gasteiger partial charge is 0.397 e. The van der Waals surface area contributed by atoms with Gasteiger partial charge in [-0.05, 0) is 6.07 Å². The van der Waals surface area contributed by atoms with Gasteiger partial charge in [0.05, 0.1) is 22.1 Å². The Kier molecular flexibility index (Phi) is 3.38. The number of carbonyl (C=O) groups excluding carboxylic acids is 1. The van der Waals surface area contributed by atoms with Crippen LogP contribution in [0.3, 0.4) is 0 Å². The molecule has 2 heterocycles. The summed E-state index contributed by atoms with van der Waals surface area (Å²) in [5.74, 6) is 0.975. The summed E-state index contributed by atoms with van der Waals surface area (Å²) >= 11 is 1.42. The summed E-state index contributed by atoms with van der Waals surface area (Å²) in [5, 5.41) is 0.973. The molecule has 2 N–H and O–H groups in total. The zero-order valence-corrected chi connectivity index (χ0v) is 11.5. The van der Waals surface area contributed by atoms with Crippen molar-refractivity contribution in [2.75, 3.05) is 17.7 Å². The van der Waals surface area contributed by atoms with E-state index in [1.807, 2.05) is 35.8 Å². The smallest absolute Gasteiger partial charge is 0.171 e. The van der Waals surface area contributed by atoms with Crippen LogP contribution in [0.5, 0.6) is 0 Å². The molecule has 0 radical (unpaired) electrons. The molecule has 2 aromatic heterocycles. The summed E-state index contributed by atoms with van der Waals surface area (Å²) in [7, 11) is 3.92. The van der Waals surface area contributed by atoms with Gasteiger partial charge < -0.3 is 15.2 Å². The highest BCUT2D eigenvalue weighted by Crippen LogP contribution is 2.32. The number of rotatable bonds is 4. The lowest BCUT2D eigenvalue weighted by Crippen LogP contribution is -2.17. The maximum atomic E-state index is 11.4. The first-order valence-electron chi connectivity index (χ1n) is 5.56. The minimum Gasteiger partial charge on any atom is -0.397 e. The van der Waals surface area contributed by atoms with Crippen LogP contribution in [0.15, 0.2) is 18.5 Å². The summed E-state index contributed by atoms with van der Waals surface area (Å²) in [4.78, 5) is 18.3. The van der Waals surface area contributed by atoms with Crippen molar-refractivity contribution in [1.29, 1.82) is 0 Å². The Morgan fingerprint density at radius 3 is 2.83 bits per heavy atom. The Bertz CT molecular complexity index is 572. The number of anilines is 2. The van der Waals surface area contributed by atoms with E-state index in [4.69, 9.17) is 5.73 Å². The first-order chi connectivity index (χ1) is 8.49. The van der Waals surface area contributed by atoms with Gasteiger partial charge in [0.15, 0.2) is 5.78 Å². The molecule has 2 rings (SSSR count). The third kappa shape index (κ3) is 2.38. The zero-order chi connectivity index (χ0) is 13.3. The van der Waals surface area contributed by atoms with Crippen molar-refractivity contribution >= 4 is 27.8 Å². The lowest BCUT2D eigenvalue weighted by Gasteiger charge is -2.16. The summed E-state index contributed by atoms with van der Waals surface area (Å²) < 4.78 is 1.97. The van der Waals surface area contributed by atoms with Gasteiger partial charge in [0, 0.05) is 33.4 Å². The van der Waals surface area contributed by atoms with Crippen molar-refractivity contribution in [3.63, 3.8) is 0 Å². The Morgan fingerprint density at radius 2 is 2.33 bits per heavy atom. The third-order valence-electron chi connectivity index (χ3n) is 2.74. The van der Waals surface area contributed by atoms with Gasteiger partial charge in [-0.2, -0.15) is 0 Å². The maximum absolute atomic E-state index is 11.4. The van der Waals surface area contributed by atoms with E-state index in [2.05, 4.69) is 4.98 Å². The van der Waals surface area contributed by atoms with Crippen LogP contribution in [0.2, 0.25) is 0 Å². The lowest BCUT2D eigenvalue weighted by atomic mass is 10.3. The standard InChI is InChI=1S/C12H16N4OS/c1-8(17)12-9(13)6-11(18-12)16(3)7-10-14-4-5-15(10)2/h4-6H,7,13H2,1-3H3. The molecule has 0 aliphatic heterocycles. The first kappa shape index (κ1) is 12.6. The molecule has 96 valence electrons. The van der Waals surface area contributed by atoms with Gasteiger partial charge in [-0.25, -0.2) is 4.98 Å². The zero-order valence-electron chi connectivity index (χ0n) is 10.7. The molecule has 0 aromatic carbocycles. The molecule has 0 bridgehead atoms. The number of thiophene rings is 1. The molecule has 0 fully saturated rings. The molecule has 0 saturated carbocycles. The number of aromatic nitrogens is 2. The van der Waals surface area contributed by atoms with E-state index in [1.165, 1.54) is 18.3 Å². The number of aryl methyl sites for hydroxylation is 1. The van der Waals surface area contributed by atoms with Crippen molar-refractivity contribution in [2.24, 2.45) is 7.05 Å². The topological polar surface area (TPSA) is 64.2 Å². The number of hydrogen-bond donors (Lipinski definition) is 1. The van der Waals surface area contributed by atoms with Crippen LogP contribution in [-0.4, -0.2) is 22.4 Å². The van der Waals surface area contributed by atoms with Crippen molar-refractivity contribution in [3.8, 4) is 0 Å². The third-order valence-corrected chi connectivity index (χ3v) is 4.11. The van der Waals surface area contributed by atoms with Gasteiger partial charge in [0.1, 0.15) is 5.82 Å². The number of nitrogens with two attached hydrogens (primary N) is 1. The second kappa shape index (κ2) is 4.81. The predicted octanol–water partition coefficient (Wildman–Crippen LogP) is 1.90. The van der Waals surface area contributed by atoms with Crippen molar-refractivity contribution < 1.29 is 4.79 Å². The fraction of sp³-hybridized carbons (Fsp3) is 0.333. The van der Waals surface area contributed by atoms with Crippen LogP contribution < -0.4 is 10.6 Å². The van der Waals surface area contributed by atoms with E-state index in [1.54, 1.807) is 6.20 Å². The van der Waals surface area contributed by atoms with E-state index in [0.29, 0.717) is 17.1 Å². The number of Topliss-reactive ketones (excluding diaryl/α,β-unsaturated/α-hetero) is 1. The maximum Gasteiger partial charge on any atom is 0.171 e. The van der Waals surface area contributed by atoms with E-state index in [0.717, 1.165) is 10.8 Å². The number of carbonyl (C=O) groups is 1. The monoisotopic (exact) mass is 264 g/mol. The average Bonchev–Trinajstić information content (AvgIpc) is 2.86. The SMILES string of the molecule is CC(=O)c1sc(N(C)Cc2nccn2C)cc1N. The molecule has 0 amide bonds. The molecule has 0 aliphatic rings. The summed E-state index contributed by atoms with van der Waals surface area (Å²) in [5.41, 5.74) is 6.38. The van der Waals surface area contributed by atoms with Crippen LogP contribution in [0, 0.1) is 0 Å². The van der Waals surface area contributed by atoms with Crippen molar-refractivity contribution in [3.05, 3.63) is 29.2 Å². The highest BCUT2D eigenvalue weighted by molar-refractivity contribution is 7.18. The minimum absolute atomic E-state index is 0.00846. The predicted molar refractivity (Wildman–Crippen MR) is 74.1 cm³/mol. The van der Waals surface area contributed by atoms with E-state index >= 15 is 0 Å². The van der Waals surface area contributed by atoms with Gasteiger partial charge >= 0.3 is 0 Å². The molecular formula is C12H16N4OS. The average molecular weight is 264 g/mol. The number of imidazole rings is 1. The quantitative estimate of drug-likeness (QED) is 0.857. The first-order valence-corrected chi connectivity index (χ1v) is 6.38. The number of nitrogens with zero attached hydrogens (tertiary/aromatic N) is 3. The fourth-order valence-corrected chi connectivity index (χ4v) is 2.63. The highest BCUT2D eigenvalue weighted by atomic mass is 32.1. The minimum atomic E-state index is 0.00846. The molecular weight excluding hydrogens is 248 g/mol. The fourth-order valence-electron chi connectivity index (χ4n) is 1.69. The molecule has 2 aromatic rings. The summed E-state index contributed by atoms with van der Waals surface area (Å²) in [6.07, 6.45) is 3.68. The Balaban J connectivity index is 2.19. The van der Waals surface area contributed by atoms with Crippen molar-refractivity contribution in [1.82, 2.24) is 9.55 Å². The van der Waals surface area contributed by atoms with Crippen molar-refractivity contribution in [2.45, 2.75) is 13.5 Å². The Hall–Kier alpha value is -1.82. The summed E-state index contributed by atoms with van der Waals surface area (Å²) in [6, 6.07) is 1.84. The van der Waals surface area contributed by atoms with Crippen LogP contribution >= 0.6 is 11.3 Å². The van der Waals surface area contributed by atoms with Gasteiger partial charge in [-0.1, -0.05) is 0 Å². The van der Waals surface area contributed by atoms with Crippen LogP contribution in [-0.2, 0) is 13.6 Å². The normalized spacial score (nSPS) is 10.6. The molecule has 18 heavy (non-hydrogen) atoms. The molecule has 0 unspecified atom stereocenters. The van der Waals surface area contributed by atoms with Gasteiger partial charge in [-0.3, -0.25) is 4.79 Å². The molecule has 0 atom stereocenters. The molecule has 0 spiro atoms. The Morgan fingerprint density at radius 1 is 1.61 bits per heavy atom. The second-order valence-electron chi connectivity index (χ2n) is 4.24. The molecule has 6 heteroatoms. The van der Waals surface area contributed by atoms with Crippen LogP contribution in [0.4, 0.5) is 10.7 Å². The highest BCUT2D eigenvalue weighted by Gasteiger charge is 2.14. The van der Waals surface area contributed by atoms with Gasteiger partial charge in [-0.15, -0.1) is 11.3 Å². The van der Waals surface area contributed by atoms with E-state index in [-0.39, 0.29) is 5.78 Å². The second-order valence-corrected chi connectivity index (χ2v) is 5.27. The Labute approximate surface area is 110 Å². The molecule has 0 saturated heterocycles. The number of nitrogen functional groups attached to an aromatic ring is 1. The van der Waals surface area contributed by atoms with Crippen LogP contribution in [0.25, 0.3) is 0 Å². The van der Waals surface area contributed by atoms with E-state index in [9.17, 15) is 4.79 Å². The van der Waals surface area contributed by atoms with Gasteiger partial charge in [0.25, 0.3) is 0 Å². The molecule has 5 nitrogen and oxygen atoms in total. The summed E-state index contributed by atoms with van der Waals surface area (Å²) in [6.45, 7) is 2.21. The number of ketones is 1. The van der Waals surface area contributed by atoms with Gasteiger partial charge in [0.2, 0.25) is 0 Å². The van der Waals surface area contributed by atoms with Crippen LogP contribution in [0.1, 0.15) is 22.4 Å². The lowest BCUT2D eigenvalue weighted by molar-refractivity contribution is 0.102. The van der Waals surface area contributed by atoms with E-state index < -0.39 is 0 Å². The molecule has 0 aliphatic carbocycles.